The maximum Gasteiger partial charge on any atom is 0.198 e. The van der Waals surface area contributed by atoms with Crippen molar-refractivity contribution in [1.82, 2.24) is 9.38 Å². The number of rotatable bonds is 3. The van der Waals surface area contributed by atoms with Gasteiger partial charge >= 0.3 is 0 Å². The van der Waals surface area contributed by atoms with Crippen LogP contribution in [-0.2, 0) is 0 Å². The molecule has 0 spiro atoms. The number of fused-ring (bicyclic) bond motifs is 1. The largest absolute Gasteiger partial charge is 0.507 e. The molecule has 1 N–H and O–H groups in total. The Kier molecular flexibility index (Phi) is 4.63. The third kappa shape index (κ3) is 3.26. The summed E-state index contributed by atoms with van der Waals surface area (Å²) in [7, 11) is 0. The Hall–Kier alpha value is -3.14. The van der Waals surface area contributed by atoms with Crippen molar-refractivity contribution in [2.75, 3.05) is 0 Å². The highest BCUT2D eigenvalue weighted by atomic mass is 79.9. The van der Waals surface area contributed by atoms with Crippen molar-refractivity contribution in [3.63, 3.8) is 0 Å². The van der Waals surface area contributed by atoms with Crippen LogP contribution in [0, 0.1) is 11.3 Å². The summed E-state index contributed by atoms with van der Waals surface area (Å²) in [6.07, 6.45) is 3.35. The SMILES string of the molecule is N#Cc1cc(C(=O)c2cc(Cl)ccc2O)cn2cc(-c3ccc(Br)cc3)nc12. The number of nitrogens with zero attached hydrogens (tertiary/aromatic N) is 3. The molecule has 0 aliphatic carbocycles. The van der Waals surface area contributed by atoms with Gasteiger partial charge in [-0.2, -0.15) is 5.26 Å². The highest BCUT2D eigenvalue weighted by Crippen LogP contribution is 2.27. The lowest BCUT2D eigenvalue weighted by Crippen LogP contribution is -2.04. The van der Waals surface area contributed by atoms with Gasteiger partial charge in [0.05, 0.1) is 16.8 Å². The van der Waals surface area contributed by atoms with Gasteiger partial charge in [-0.25, -0.2) is 4.98 Å². The molecule has 0 saturated carbocycles. The highest BCUT2D eigenvalue weighted by Gasteiger charge is 2.18. The molecular formula is C21H11BrClN3O2. The van der Waals surface area contributed by atoms with Crippen molar-refractivity contribution in [1.29, 1.82) is 5.26 Å². The van der Waals surface area contributed by atoms with Gasteiger partial charge < -0.3 is 9.51 Å². The number of carbonyl (C=O) groups is 1. The zero-order valence-corrected chi connectivity index (χ0v) is 16.6. The predicted octanol–water partition coefficient (Wildman–Crippen LogP) is 5.23. The monoisotopic (exact) mass is 451 g/mol. The van der Waals surface area contributed by atoms with Crippen LogP contribution in [0.5, 0.6) is 5.75 Å². The number of ketones is 1. The lowest BCUT2D eigenvalue weighted by molar-refractivity contribution is 0.103. The van der Waals surface area contributed by atoms with Crippen LogP contribution in [-0.4, -0.2) is 20.3 Å². The quantitative estimate of drug-likeness (QED) is 0.432. The number of nitriles is 1. The lowest BCUT2D eigenvalue weighted by atomic mass is 10.0. The van der Waals surface area contributed by atoms with Gasteiger partial charge in [-0.05, 0) is 36.4 Å². The van der Waals surface area contributed by atoms with Crippen LogP contribution in [0.15, 0.2) is 65.4 Å². The van der Waals surface area contributed by atoms with Crippen LogP contribution in [0.2, 0.25) is 5.02 Å². The maximum atomic E-state index is 12.9. The number of carbonyl (C=O) groups excluding carboxylic acids is 1. The van der Waals surface area contributed by atoms with E-state index in [0.717, 1.165) is 10.0 Å². The molecule has 4 rings (SSSR count). The van der Waals surface area contributed by atoms with Gasteiger partial charge in [-0.1, -0.05) is 39.7 Å². The molecule has 2 heterocycles. The number of halogens is 2. The summed E-state index contributed by atoms with van der Waals surface area (Å²) in [4.78, 5) is 17.4. The molecule has 0 aliphatic heterocycles. The van der Waals surface area contributed by atoms with E-state index in [1.165, 1.54) is 24.3 Å². The second-order valence-electron chi connectivity index (χ2n) is 6.11. The minimum Gasteiger partial charge on any atom is -0.507 e. The Morgan fingerprint density at radius 1 is 1.14 bits per heavy atom. The molecule has 0 bridgehead atoms. The van der Waals surface area contributed by atoms with Crippen molar-refractivity contribution in [2.45, 2.75) is 0 Å². The van der Waals surface area contributed by atoms with Gasteiger partial charge in [0.25, 0.3) is 0 Å². The van der Waals surface area contributed by atoms with E-state index in [-0.39, 0.29) is 22.4 Å². The van der Waals surface area contributed by atoms with E-state index in [4.69, 9.17) is 11.6 Å². The van der Waals surface area contributed by atoms with Crippen molar-refractivity contribution < 1.29 is 9.90 Å². The molecule has 0 fully saturated rings. The normalized spacial score (nSPS) is 10.8. The van der Waals surface area contributed by atoms with Crippen LogP contribution in [0.4, 0.5) is 0 Å². The van der Waals surface area contributed by atoms with Gasteiger partial charge in [0.2, 0.25) is 0 Å². The van der Waals surface area contributed by atoms with Crippen LogP contribution >= 0.6 is 27.5 Å². The number of aromatic nitrogens is 2. The van der Waals surface area contributed by atoms with Crippen LogP contribution < -0.4 is 0 Å². The molecule has 28 heavy (non-hydrogen) atoms. The zero-order chi connectivity index (χ0) is 19.8. The molecule has 4 aromatic rings. The molecule has 5 nitrogen and oxygen atoms in total. The topological polar surface area (TPSA) is 78.4 Å². The third-order valence-electron chi connectivity index (χ3n) is 4.28. The zero-order valence-electron chi connectivity index (χ0n) is 14.2. The number of hydrogen-bond donors (Lipinski definition) is 1. The Balaban J connectivity index is 1.85. The Morgan fingerprint density at radius 2 is 1.89 bits per heavy atom. The van der Waals surface area contributed by atoms with Crippen LogP contribution in [0.25, 0.3) is 16.9 Å². The third-order valence-corrected chi connectivity index (χ3v) is 5.04. The Morgan fingerprint density at radius 3 is 2.61 bits per heavy atom. The first-order valence-electron chi connectivity index (χ1n) is 8.18. The molecular weight excluding hydrogens is 442 g/mol. The standard InChI is InChI=1S/C21H11BrClN3O2/c22-15-3-1-12(2-4-15)18-11-26-10-14(7-13(9-24)21(26)25-18)20(28)17-8-16(23)5-6-19(17)27/h1-8,10-11,27H. The number of imidazole rings is 1. The van der Waals surface area contributed by atoms with E-state index in [9.17, 15) is 15.2 Å². The number of aromatic hydroxyl groups is 1. The average Bonchev–Trinajstić information content (AvgIpc) is 3.13. The van der Waals surface area contributed by atoms with Crippen LogP contribution in [0.3, 0.4) is 0 Å². The minimum absolute atomic E-state index is 0.0731. The van der Waals surface area contributed by atoms with Gasteiger partial charge in [-0.15, -0.1) is 0 Å². The van der Waals surface area contributed by atoms with Gasteiger partial charge in [0, 0.05) is 33.0 Å². The molecule has 136 valence electrons. The van der Waals surface area contributed by atoms with Crippen molar-refractivity contribution in [3.05, 3.63) is 87.1 Å². The van der Waals surface area contributed by atoms with Gasteiger partial charge in [0.1, 0.15) is 11.8 Å². The fourth-order valence-electron chi connectivity index (χ4n) is 2.91. The molecule has 0 saturated heterocycles. The lowest BCUT2D eigenvalue weighted by Gasteiger charge is -2.06. The van der Waals surface area contributed by atoms with E-state index in [2.05, 4.69) is 27.0 Å². The summed E-state index contributed by atoms with van der Waals surface area (Å²) in [6.45, 7) is 0. The van der Waals surface area contributed by atoms with Crippen LogP contribution in [0.1, 0.15) is 21.5 Å². The number of phenolic OH excluding ortho intramolecular Hbond substituents is 1. The Bertz CT molecular complexity index is 1270. The molecule has 0 unspecified atom stereocenters. The average molecular weight is 453 g/mol. The molecule has 2 aromatic heterocycles. The fourth-order valence-corrected chi connectivity index (χ4v) is 3.35. The maximum absolute atomic E-state index is 12.9. The Labute approximate surface area is 173 Å². The van der Waals surface area contributed by atoms with E-state index in [1.54, 1.807) is 16.8 Å². The van der Waals surface area contributed by atoms with Gasteiger partial charge in [-0.3, -0.25) is 4.79 Å². The van der Waals surface area contributed by atoms with Crippen molar-refractivity contribution in [2.24, 2.45) is 0 Å². The summed E-state index contributed by atoms with van der Waals surface area (Å²) >= 11 is 9.35. The smallest absolute Gasteiger partial charge is 0.198 e. The second kappa shape index (κ2) is 7.12. The molecule has 7 heteroatoms. The molecule has 0 aliphatic rings. The summed E-state index contributed by atoms with van der Waals surface area (Å²) in [5.41, 5.74) is 2.60. The first kappa shape index (κ1) is 18.2. The fraction of sp³-hybridized carbons (Fsp3) is 0. The molecule has 0 atom stereocenters. The van der Waals surface area contributed by atoms with Gasteiger partial charge in [0.15, 0.2) is 11.4 Å². The van der Waals surface area contributed by atoms with Crippen molar-refractivity contribution >= 4 is 39.0 Å². The van der Waals surface area contributed by atoms with E-state index < -0.39 is 5.78 Å². The minimum atomic E-state index is -0.433. The van der Waals surface area contributed by atoms with E-state index in [0.29, 0.717) is 16.4 Å². The predicted molar refractivity (Wildman–Crippen MR) is 110 cm³/mol. The molecule has 0 amide bonds. The van der Waals surface area contributed by atoms with E-state index >= 15 is 0 Å². The highest BCUT2D eigenvalue weighted by molar-refractivity contribution is 9.10. The summed E-state index contributed by atoms with van der Waals surface area (Å²) in [6, 6.07) is 15.4. The number of hydrogen-bond acceptors (Lipinski definition) is 4. The summed E-state index contributed by atoms with van der Waals surface area (Å²) < 4.78 is 2.59. The first-order valence-corrected chi connectivity index (χ1v) is 9.35. The molecule has 2 aromatic carbocycles. The number of benzene rings is 2. The van der Waals surface area contributed by atoms with Crippen molar-refractivity contribution in [3.8, 4) is 23.1 Å². The number of pyridine rings is 1. The summed E-state index contributed by atoms with van der Waals surface area (Å²) in [5.74, 6) is -0.605. The van der Waals surface area contributed by atoms with E-state index in [1.807, 2.05) is 24.3 Å². The molecule has 0 radical (unpaired) electrons. The summed E-state index contributed by atoms with van der Waals surface area (Å²) in [5, 5.41) is 19.9. The first-order chi connectivity index (χ1) is 13.5. The number of phenols is 1. The second-order valence-corrected chi connectivity index (χ2v) is 7.46.